The molecule has 120 valence electrons. The third-order valence-corrected chi connectivity index (χ3v) is 5.05. The van der Waals surface area contributed by atoms with Crippen LogP contribution in [0.15, 0.2) is 83.5 Å². The summed E-state index contributed by atoms with van der Waals surface area (Å²) in [4.78, 5) is 2.07. The van der Waals surface area contributed by atoms with Gasteiger partial charge in [0.25, 0.3) is 11.5 Å². The van der Waals surface area contributed by atoms with Crippen LogP contribution in [0, 0.1) is 0 Å². The number of hydrogen-bond acceptors (Lipinski definition) is 2. The second kappa shape index (κ2) is 6.04. The van der Waals surface area contributed by atoms with E-state index in [0.29, 0.717) is 13.1 Å². The van der Waals surface area contributed by atoms with Gasteiger partial charge >= 0.3 is 0 Å². The standard InChI is InChI=1S/C20H18BrN2O/c21-18-11-9-17(10-12-18)20(24)15-22-13-5-4-8-19(22)23(20)14-16-6-2-1-3-7-16/h1-13,24H,14-15H2/q+1/t20-/m1/s1. The number of fused-ring (bicyclic) bond motifs is 1. The molecule has 0 saturated carbocycles. The molecule has 24 heavy (non-hydrogen) atoms. The average Bonchev–Trinajstić information content (AvgIpc) is 2.90. The number of hydrogen-bond donors (Lipinski definition) is 1. The van der Waals surface area contributed by atoms with Crippen molar-refractivity contribution in [3.63, 3.8) is 0 Å². The summed E-state index contributed by atoms with van der Waals surface area (Å²) >= 11 is 3.47. The summed E-state index contributed by atoms with van der Waals surface area (Å²) in [7, 11) is 0. The molecule has 2 heterocycles. The van der Waals surface area contributed by atoms with Crippen molar-refractivity contribution >= 4 is 21.7 Å². The SMILES string of the molecule is O[C@@]1(c2ccc(Br)cc2)C[n+]2ccccc2N1Cc1ccccc1. The van der Waals surface area contributed by atoms with Crippen LogP contribution < -0.4 is 9.47 Å². The van der Waals surface area contributed by atoms with Gasteiger partial charge in [-0.25, -0.2) is 9.47 Å². The zero-order valence-electron chi connectivity index (χ0n) is 13.1. The Morgan fingerprint density at radius 1 is 0.958 bits per heavy atom. The summed E-state index contributed by atoms with van der Waals surface area (Å²) in [5.41, 5.74) is 1.00. The molecule has 0 bridgehead atoms. The third kappa shape index (κ3) is 2.62. The summed E-state index contributed by atoms with van der Waals surface area (Å²) in [6, 6.07) is 24.2. The number of nitrogens with zero attached hydrogens (tertiary/aromatic N) is 2. The Kier molecular flexibility index (Phi) is 3.87. The molecule has 1 aliphatic rings. The van der Waals surface area contributed by atoms with Crippen molar-refractivity contribution in [2.75, 3.05) is 4.90 Å². The molecule has 0 amide bonds. The largest absolute Gasteiger partial charge is 0.346 e. The molecule has 3 nitrogen and oxygen atoms in total. The maximum absolute atomic E-state index is 11.6. The van der Waals surface area contributed by atoms with Crippen LogP contribution in [0.1, 0.15) is 11.1 Å². The second-order valence-corrected chi connectivity index (χ2v) is 7.00. The topological polar surface area (TPSA) is 27.4 Å². The molecule has 1 aromatic heterocycles. The van der Waals surface area contributed by atoms with Crippen molar-refractivity contribution in [1.29, 1.82) is 0 Å². The molecule has 0 fully saturated rings. The van der Waals surface area contributed by atoms with Crippen LogP contribution in [0.4, 0.5) is 5.82 Å². The molecule has 0 spiro atoms. The summed E-state index contributed by atoms with van der Waals surface area (Å²) in [6.07, 6.45) is 2.02. The summed E-state index contributed by atoms with van der Waals surface area (Å²) in [5.74, 6) is 1.02. The lowest BCUT2D eigenvalue weighted by Gasteiger charge is -2.27. The fourth-order valence-electron chi connectivity index (χ4n) is 3.30. The predicted octanol–water partition coefficient (Wildman–Crippen LogP) is 3.60. The summed E-state index contributed by atoms with van der Waals surface area (Å²) in [5, 5.41) is 11.6. The number of aromatic nitrogens is 1. The first-order valence-electron chi connectivity index (χ1n) is 7.95. The number of pyridine rings is 1. The monoisotopic (exact) mass is 381 g/mol. The van der Waals surface area contributed by atoms with Crippen LogP contribution in [0.5, 0.6) is 0 Å². The van der Waals surface area contributed by atoms with E-state index in [9.17, 15) is 5.11 Å². The van der Waals surface area contributed by atoms with E-state index < -0.39 is 5.72 Å². The molecule has 4 rings (SSSR count). The van der Waals surface area contributed by atoms with Gasteiger partial charge in [-0.1, -0.05) is 64.5 Å². The van der Waals surface area contributed by atoms with Gasteiger partial charge in [0, 0.05) is 16.1 Å². The minimum atomic E-state index is -1.06. The molecule has 0 aliphatic carbocycles. The van der Waals surface area contributed by atoms with Crippen LogP contribution >= 0.6 is 15.9 Å². The fourth-order valence-corrected chi connectivity index (χ4v) is 3.56. The minimum absolute atomic E-state index is 0.512. The Morgan fingerprint density at radius 3 is 2.42 bits per heavy atom. The van der Waals surface area contributed by atoms with Crippen molar-refractivity contribution in [1.82, 2.24) is 0 Å². The Morgan fingerprint density at radius 2 is 1.67 bits per heavy atom. The molecule has 3 aromatic rings. The van der Waals surface area contributed by atoms with Gasteiger partial charge in [0.15, 0.2) is 6.54 Å². The maximum Gasteiger partial charge on any atom is 0.279 e. The molecule has 0 unspecified atom stereocenters. The van der Waals surface area contributed by atoms with Crippen molar-refractivity contribution in [2.24, 2.45) is 0 Å². The van der Waals surface area contributed by atoms with E-state index in [-0.39, 0.29) is 0 Å². The van der Waals surface area contributed by atoms with E-state index in [1.165, 1.54) is 5.56 Å². The van der Waals surface area contributed by atoms with Gasteiger partial charge in [0.1, 0.15) is 6.54 Å². The highest BCUT2D eigenvalue weighted by Crippen LogP contribution is 2.36. The third-order valence-electron chi connectivity index (χ3n) is 4.52. The highest BCUT2D eigenvalue weighted by atomic mass is 79.9. The second-order valence-electron chi connectivity index (χ2n) is 6.08. The Balaban J connectivity index is 1.79. The molecule has 0 saturated heterocycles. The van der Waals surface area contributed by atoms with Gasteiger partial charge in [-0.3, -0.25) is 0 Å². The van der Waals surface area contributed by atoms with Crippen LogP contribution in [-0.4, -0.2) is 5.11 Å². The van der Waals surface area contributed by atoms with E-state index in [1.807, 2.05) is 60.8 Å². The van der Waals surface area contributed by atoms with Crippen LogP contribution in [0.2, 0.25) is 0 Å². The zero-order valence-corrected chi connectivity index (χ0v) is 14.7. The van der Waals surface area contributed by atoms with Crippen molar-refractivity contribution < 1.29 is 9.67 Å². The Hall–Kier alpha value is -2.17. The lowest BCUT2D eigenvalue weighted by atomic mass is 10.0. The van der Waals surface area contributed by atoms with Gasteiger partial charge in [-0.15, -0.1) is 0 Å². The van der Waals surface area contributed by atoms with Gasteiger partial charge in [0.05, 0.1) is 6.20 Å². The number of aliphatic hydroxyl groups is 1. The molecule has 1 atom stereocenters. The lowest BCUT2D eigenvalue weighted by Crippen LogP contribution is -2.45. The molecule has 1 aliphatic heterocycles. The smallest absolute Gasteiger partial charge is 0.279 e. The zero-order chi connectivity index (χ0) is 16.6. The van der Waals surface area contributed by atoms with Crippen molar-refractivity contribution in [3.05, 3.63) is 94.6 Å². The molecular formula is C20H18BrN2O+. The molecule has 0 radical (unpaired) electrons. The van der Waals surface area contributed by atoms with Crippen molar-refractivity contribution in [3.8, 4) is 0 Å². The van der Waals surface area contributed by atoms with Gasteiger partial charge in [-0.2, -0.15) is 0 Å². The normalized spacial score (nSPS) is 19.3. The van der Waals surface area contributed by atoms with E-state index >= 15 is 0 Å². The molecule has 4 heteroatoms. The fraction of sp³-hybridized carbons (Fsp3) is 0.150. The van der Waals surface area contributed by atoms with E-state index in [0.717, 1.165) is 15.9 Å². The van der Waals surface area contributed by atoms with E-state index in [2.05, 4.69) is 43.6 Å². The maximum atomic E-state index is 11.6. The van der Waals surface area contributed by atoms with Crippen LogP contribution in [0.25, 0.3) is 0 Å². The van der Waals surface area contributed by atoms with Crippen molar-refractivity contribution in [2.45, 2.75) is 18.8 Å². The lowest BCUT2D eigenvalue weighted by molar-refractivity contribution is -0.683. The number of benzene rings is 2. The highest BCUT2D eigenvalue weighted by Gasteiger charge is 2.51. The first-order valence-corrected chi connectivity index (χ1v) is 8.74. The number of halogens is 1. The first kappa shape index (κ1) is 15.4. The quantitative estimate of drug-likeness (QED) is 0.701. The first-order chi connectivity index (χ1) is 11.7. The number of rotatable bonds is 3. The molecule has 2 aromatic carbocycles. The van der Waals surface area contributed by atoms with Gasteiger partial charge in [-0.05, 0) is 23.8 Å². The Bertz CT molecular complexity index is 851. The van der Waals surface area contributed by atoms with E-state index in [1.54, 1.807) is 0 Å². The Labute approximate surface area is 149 Å². The van der Waals surface area contributed by atoms with Gasteiger partial charge in [0.2, 0.25) is 0 Å². The summed E-state index contributed by atoms with van der Waals surface area (Å²) in [6.45, 7) is 1.16. The van der Waals surface area contributed by atoms with Gasteiger partial charge < -0.3 is 5.11 Å². The molecule has 1 N–H and O–H groups in total. The van der Waals surface area contributed by atoms with E-state index in [4.69, 9.17) is 0 Å². The van der Waals surface area contributed by atoms with Crippen LogP contribution in [-0.2, 0) is 18.8 Å². The highest BCUT2D eigenvalue weighted by molar-refractivity contribution is 9.10. The predicted molar refractivity (Wildman–Crippen MR) is 97.3 cm³/mol. The average molecular weight is 382 g/mol. The number of anilines is 1. The molecular weight excluding hydrogens is 364 g/mol. The van der Waals surface area contributed by atoms with Crippen LogP contribution in [0.3, 0.4) is 0 Å². The minimum Gasteiger partial charge on any atom is -0.346 e. The summed E-state index contributed by atoms with van der Waals surface area (Å²) < 4.78 is 3.11.